The molecule has 7 heteroatoms. The molecule has 0 aliphatic carbocycles. The smallest absolute Gasteiger partial charge is 0.372 e. The van der Waals surface area contributed by atoms with Crippen LogP contribution in [0.1, 0.15) is 33.3 Å². The molecule has 0 bridgehead atoms. The highest BCUT2D eigenvalue weighted by molar-refractivity contribution is 9.10. The average Bonchev–Trinajstić information content (AvgIpc) is 2.58. The lowest BCUT2D eigenvalue weighted by atomic mass is 10.1. The quantitative estimate of drug-likeness (QED) is 0.147. The summed E-state index contributed by atoms with van der Waals surface area (Å²) in [6, 6.07) is 3.63. The minimum Gasteiger partial charge on any atom is -0.539 e. The van der Waals surface area contributed by atoms with Crippen LogP contribution in [0.5, 0.6) is 11.5 Å². The Bertz CT molecular complexity index is 735. The summed E-state index contributed by atoms with van der Waals surface area (Å²) in [7, 11) is -0.659. The number of carbonyl (C=O) groups is 1. The van der Waals surface area contributed by atoms with E-state index in [1.54, 1.807) is 32.3 Å². The number of benzene rings is 1. The van der Waals surface area contributed by atoms with E-state index >= 15 is 0 Å². The molecule has 0 saturated carbocycles. The predicted molar refractivity (Wildman–Crippen MR) is 119 cm³/mol. The topological polar surface area (TPSA) is 54.0 Å². The summed E-state index contributed by atoms with van der Waals surface area (Å²) in [4.78, 5) is 12.5. The fourth-order valence-electron chi connectivity index (χ4n) is 2.04. The van der Waals surface area contributed by atoms with Gasteiger partial charge in [-0.25, -0.2) is 4.79 Å². The molecule has 0 aliphatic heterocycles. The molecule has 156 valence electrons. The van der Waals surface area contributed by atoms with Crippen molar-refractivity contribution >= 4 is 36.3 Å². The van der Waals surface area contributed by atoms with E-state index in [1.807, 2.05) is 6.07 Å². The Morgan fingerprint density at radius 2 is 1.93 bits per heavy atom. The van der Waals surface area contributed by atoms with Gasteiger partial charge in [0.2, 0.25) is 0 Å². The van der Waals surface area contributed by atoms with Crippen molar-refractivity contribution in [3.8, 4) is 11.5 Å². The number of carbonyl (C=O) groups excluding carboxylic acids is 1. The standard InChI is InChI=1S/C21H31BrO5Si/c1-9-11-26-17-13-15(12-16(22)19(17)24-6)14-18(20(23)25-10-2)27-28(7,8)21(3,4)5/h9,12-14H,1,10-11H2,2-8H3/b18-14+. The summed E-state index contributed by atoms with van der Waals surface area (Å²) in [5.74, 6) is 0.827. The Hall–Kier alpha value is -1.73. The highest BCUT2D eigenvalue weighted by Crippen LogP contribution is 2.40. The summed E-state index contributed by atoms with van der Waals surface area (Å²) in [5.41, 5.74) is 0.730. The molecular formula is C21H31BrO5Si. The molecule has 5 nitrogen and oxygen atoms in total. The summed E-state index contributed by atoms with van der Waals surface area (Å²) < 4.78 is 23.3. The monoisotopic (exact) mass is 470 g/mol. The summed E-state index contributed by atoms with van der Waals surface area (Å²) in [6.45, 7) is 16.6. The second-order valence-electron chi connectivity index (χ2n) is 7.73. The Kier molecular flexibility index (Phi) is 8.82. The van der Waals surface area contributed by atoms with Gasteiger partial charge >= 0.3 is 5.97 Å². The van der Waals surface area contributed by atoms with E-state index in [0.29, 0.717) is 22.6 Å². The van der Waals surface area contributed by atoms with Gasteiger partial charge in [-0.05, 0) is 64.8 Å². The molecule has 0 N–H and O–H groups in total. The first-order chi connectivity index (χ1) is 13.0. The number of ether oxygens (including phenoxy) is 3. The molecule has 0 amide bonds. The second-order valence-corrected chi connectivity index (χ2v) is 13.3. The summed E-state index contributed by atoms with van der Waals surface area (Å²) in [6.07, 6.45) is 3.34. The molecule has 0 atom stereocenters. The first-order valence-corrected chi connectivity index (χ1v) is 12.9. The van der Waals surface area contributed by atoms with Crippen LogP contribution in [-0.4, -0.2) is 34.6 Å². The molecule has 1 aromatic carbocycles. The van der Waals surface area contributed by atoms with Gasteiger partial charge in [0, 0.05) is 0 Å². The summed E-state index contributed by atoms with van der Waals surface area (Å²) in [5, 5.41) is -0.0582. The van der Waals surface area contributed by atoms with Crippen LogP contribution in [0, 0.1) is 0 Å². The third-order valence-electron chi connectivity index (χ3n) is 4.54. The fraction of sp³-hybridized carbons (Fsp3) is 0.476. The SMILES string of the molecule is C=CCOc1cc(/C=C(/O[Si](C)(C)C(C)(C)C)C(=O)OCC)cc(Br)c1OC. The van der Waals surface area contributed by atoms with Crippen molar-refractivity contribution in [2.24, 2.45) is 0 Å². The van der Waals surface area contributed by atoms with Gasteiger partial charge in [-0.2, -0.15) is 0 Å². The normalized spacial score (nSPS) is 12.4. The van der Waals surface area contributed by atoms with Crippen molar-refractivity contribution in [2.75, 3.05) is 20.3 Å². The van der Waals surface area contributed by atoms with Crippen molar-refractivity contribution in [2.45, 2.75) is 45.8 Å². The molecule has 0 aromatic heterocycles. The van der Waals surface area contributed by atoms with Crippen LogP contribution >= 0.6 is 15.9 Å². The lowest BCUT2D eigenvalue weighted by Gasteiger charge is -2.36. The highest BCUT2D eigenvalue weighted by atomic mass is 79.9. The van der Waals surface area contributed by atoms with Gasteiger partial charge in [0.05, 0.1) is 18.2 Å². The molecule has 0 unspecified atom stereocenters. The van der Waals surface area contributed by atoms with Gasteiger partial charge in [-0.1, -0.05) is 33.4 Å². The number of hydrogen-bond donors (Lipinski definition) is 0. The van der Waals surface area contributed by atoms with Crippen molar-refractivity contribution in [1.82, 2.24) is 0 Å². The van der Waals surface area contributed by atoms with Crippen molar-refractivity contribution in [3.05, 3.63) is 40.6 Å². The molecule has 28 heavy (non-hydrogen) atoms. The van der Waals surface area contributed by atoms with Crippen LogP contribution in [-0.2, 0) is 14.0 Å². The Labute approximate surface area is 178 Å². The van der Waals surface area contributed by atoms with Crippen LogP contribution in [0.2, 0.25) is 18.1 Å². The Morgan fingerprint density at radius 1 is 1.29 bits per heavy atom. The summed E-state index contributed by atoms with van der Waals surface area (Å²) >= 11 is 3.49. The van der Waals surface area contributed by atoms with Gasteiger partial charge in [-0.15, -0.1) is 0 Å². The average molecular weight is 471 g/mol. The van der Waals surface area contributed by atoms with Crippen LogP contribution < -0.4 is 9.47 Å². The number of methoxy groups -OCH3 is 1. The first-order valence-electron chi connectivity index (χ1n) is 9.15. The maximum atomic E-state index is 12.5. The zero-order valence-electron chi connectivity index (χ0n) is 17.8. The zero-order chi connectivity index (χ0) is 21.5. The fourth-order valence-corrected chi connectivity index (χ4v) is 3.66. The Morgan fingerprint density at radius 3 is 2.43 bits per heavy atom. The van der Waals surface area contributed by atoms with E-state index in [1.165, 1.54) is 0 Å². The van der Waals surface area contributed by atoms with E-state index in [-0.39, 0.29) is 17.4 Å². The van der Waals surface area contributed by atoms with Crippen molar-refractivity contribution in [3.63, 3.8) is 0 Å². The van der Waals surface area contributed by atoms with Crippen LogP contribution in [0.4, 0.5) is 0 Å². The van der Waals surface area contributed by atoms with Gasteiger partial charge in [-0.3, -0.25) is 0 Å². The third-order valence-corrected chi connectivity index (χ3v) is 9.47. The van der Waals surface area contributed by atoms with Crippen LogP contribution in [0.3, 0.4) is 0 Å². The van der Waals surface area contributed by atoms with Gasteiger partial charge in [0.1, 0.15) is 6.61 Å². The largest absolute Gasteiger partial charge is 0.539 e. The first kappa shape index (κ1) is 24.3. The molecule has 0 saturated heterocycles. The van der Waals surface area contributed by atoms with Crippen molar-refractivity contribution < 1.29 is 23.4 Å². The van der Waals surface area contributed by atoms with Crippen LogP contribution in [0.15, 0.2) is 35.0 Å². The van der Waals surface area contributed by atoms with Crippen molar-refractivity contribution in [1.29, 1.82) is 0 Å². The lowest BCUT2D eigenvalue weighted by Crippen LogP contribution is -2.41. The van der Waals surface area contributed by atoms with E-state index in [0.717, 1.165) is 5.56 Å². The Balaban J connectivity index is 3.42. The highest BCUT2D eigenvalue weighted by Gasteiger charge is 2.40. The maximum Gasteiger partial charge on any atom is 0.372 e. The molecule has 0 spiro atoms. The second kappa shape index (κ2) is 10.2. The molecule has 0 heterocycles. The van der Waals surface area contributed by atoms with Gasteiger partial charge < -0.3 is 18.6 Å². The molecule has 1 rings (SSSR count). The molecule has 1 aromatic rings. The van der Waals surface area contributed by atoms with E-state index in [4.69, 9.17) is 18.6 Å². The third kappa shape index (κ3) is 6.41. The number of halogens is 1. The van der Waals surface area contributed by atoms with E-state index in [2.05, 4.69) is 56.4 Å². The van der Waals surface area contributed by atoms with Gasteiger partial charge in [0.25, 0.3) is 8.32 Å². The zero-order valence-corrected chi connectivity index (χ0v) is 20.4. The predicted octanol–water partition coefficient (Wildman–Crippen LogP) is 5.95. The van der Waals surface area contributed by atoms with E-state index < -0.39 is 14.3 Å². The molecule has 0 fully saturated rings. The molecule has 0 radical (unpaired) electrons. The minimum absolute atomic E-state index is 0.0582. The van der Waals surface area contributed by atoms with E-state index in [9.17, 15) is 4.79 Å². The van der Waals surface area contributed by atoms with Crippen LogP contribution in [0.25, 0.3) is 6.08 Å². The maximum absolute atomic E-state index is 12.5. The number of hydrogen-bond acceptors (Lipinski definition) is 5. The lowest BCUT2D eigenvalue weighted by molar-refractivity contribution is -0.141. The molecule has 0 aliphatic rings. The number of rotatable bonds is 9. The molecular weight excluding hydrogens is 440 g/mol. The minimum atomic E-state index is -2.23. The number of esters is 1. The van der Waals surface area contributed by atoms with Gasteiger partial charge in [0.15, 0.2) is 17.3 Å².